The largest absolute Gasteiger partial charge is 0.463 e. The van der Waals surface area contributed by atoms with Crippen LogP contribution in [0.3, 0.4) is 0 Å². The molecule has 184 valence electrons. The van der Waals surface area contributed by atoms with Gasteiger partial charge in [-0.15, -0.1) is 0 Å². The summed E-state index contributed by atoms with van der Waals surface area (Å²) in [6, 6.07) is 13.6. The van der Waals surface area contributed by atoms with Crippen LogP contribution < -0.4 is 9.80 Å². The molecular weight excluding hydrogens is 443 g/mol. The monoisotopic (exact) mass is 474 g/mol. The van der Waals surface area contributed by atoms with E-state index >= 15 is 0 Å². The van der Waals surface area contributed by atoms with E-state index < -0.39 is 24.0 Å². The zero-order valence-electron chi connectivity index (χ0n) is 19.3. The highest BCUT2D eigenvalue weighted by molar-refractivity contribution is 5.88. The van der Waals surface area contributed by atoms with Crippen LogP contribution in [0.5, 0.6) is 0 Å². The van der Waals surface area contributed by atoms with Crippen LogP contribution in [0.2, 0.25) is 0 Å². The quantitative estimate of drug-likeness (QED) is 0.527. The molecule has 1 aliphatic heterocycles. The van der Waals surface area contributed by atoms with Crippen LogP contribution in [0.25, 0.3) is 0 Å². The molecular formula is C25H31FN2O6. The number of morpholine rings is 1. The number of amides is 1. The maximum atomic E-state index is 15.0. The Bertz CT molecular complexity index is 936. The van der Waals surface area contributed by atoms with Crippen molar-refractivity contribution >= 4 is 23.4 Å². The Morgan fingerprint density at radius 3 is 2.56 bits per heavy atom. The van der Waals surface area contributed by atoms with Crippen LogP contribution in [0.4, 0.5) is 20.6 Å². The van der Waals surface area contributed by atoms with Gasteiger partial charge in [-0.2, -0.15) is 0 Å². The molecule has 1 aliphatic rings. The van der Waals surface area contributed by atoms with Gasteiger partial charge in [0.25, 0.3) is 0 Å². The molecule has 2 aromatic rings. The molecule has 0 saturated carbocycles. The summed E-state index contributed by atoms with van der Waals surface area (Å²) in [5.41, 5.74) is 1.43. The highest BCUT2D eigenvalue weighted by Crippen LogP contribution is 2.26. The second kappa shape index (κ2) is 12.9. The Kier molecular flexibility index (Phi) is 9.66. The first kappa shape index (κ1) is 25.5. The van der Waals surface area contributed by atoms with Gasteiger partial charge in [-0.1, -0.05) is 37.3 Å². The number of hydrogen-bond acceptors (Lipinski definition) is 7. The second-order valence-electron chi connectivity index (χ2n) is 7.97. The molecule has 0 aliphatic carbocycles. The summed E-state index contributed by atoms with van der Waals surface area (Å²) in [6.45, 7) is 3.52. The van der Waals surface area contributed by atoms with E-state index in [1.54, 1.807) is 12.1 Å². The number of rotatable bonds is 10. The number of aliphatic hydroxyl groups is 1. The van der Waals surface area contributed by atoms with E-state index in [4.69, 9.17) is 14.2 Å². The van der Waals surface area contributed by atoms with E-state index in [-0.39, 0.29) is 31.9 Å². The first-order valence-electron chi connectivity index (χ1n) is 11.4. The predicted molar refractivity (Wildman–Crippen MR) is 125 cm³/mol. The van der Waals surface area contributed by atoms with Crippen molar-refractivity contribution in [2.75, 3.05) is 49.3 Å². The molecule has 1 amide bonds. The van der Waals surface area contributed by atoms with Gasteiger partial charge in [0.15, 0.2) is 0 Å². The van der Waals surface area contributed by atoms with Crippen molar-refractivity contribution in [1.82, 2.24) is 0 Å². The predicted octanol–water partition coefficient (Wildman–Crippen LogP) is 3.51. The second-order valence-corrected chi connectivity index (χ2v) is 7.97. The number of nitrogens with zero attached hydrogens (tertiary/aromatic N) is 2. The Hall–Kier alpha value is -3.17. The Labute approximate surface area is 198 Å². The SMILES string of the molecule is CCCC(=O)OC[C@H](O)CN(C(=O)OCc1ccccc1)c1ccc(N2CCOCC2)c(F)c1. The number of anilines is 2. The molecule has 1 fully saturated rings. The standard InChI is InChI=1S/C25H31FN2O6/c1-2-6-24(30)33-18-21(29)16-28(25(31)34-17-19-7-4-3-5-8-19)20-9-10-23(22(26)15-20)27-11-13-32-14-12-27/h3-5,7-10,15,21,29H,2,6,11-14,16-18H2,1H3/t21-/m1/s1. The van der Waals surface area contributed by atoms with Crippen LogP contribution in [-0.2, 0) is 25.6 Å². The summed E-state index contributed by atoms with van der Waals surface area (Å²) in [5, 5.41) is 10.4. The van der Waals surface area contributed by atoms with Gasteiger partial charge < -0.3 is 24.2 Å². The topological polar surface area (TPSA) is 88.5 Å². The van der Waals surface area contributed by atoms with E-state index in [0.29, 0.717) is 38.4 Å². The lowest BCUT2D eigenvalue weighted by Crippen LogP contribution is -2.40. The van der Waals surface area contributed by atoms with Crippen LogP contribution in [0.15, 0.2) is 48.5 Å². The third-order valence-electron chi connectivity index (χ3n) is 5.30. The smallest absolute Gasteiger partial charge is 0.414 e. The van der Waals surface area contributed by atoms with Gasteiger partial charge in [0, 0.05) is 19.5 Å². The van der Waals surface area contributed by atoms with Gasteiger partial charge in [0.1, 0.15) is 25.1 Å². The summed E-state index contributed by atoms with van der Waals surface area (Å²) >= 11 is 0. The zero-order chi connectivity index (χ0) is 24.3. The molecule has 0 spiro atoms. The number of hydrogen-bond donors (Lipinski definition) is 1. The van der Waals surface area contributed by atoms with Gasteiger partial charge in [-0.25, -0.2) is 9.18 Å². The van der Waals surface area contributed by atoms with Crippen LogP contribution >= 0.6 is 0 Å². The van der Waals surface area contributed by atoms with Crippen LogP contribution in [0.1, 0.15) is 25.3 Å². The van der Waals surface area contributed by atoms with Crippen LogP contribution in [-0.4, -0.2) is 62.7 Å². The van der Waals surface area contributed by atoms with E-state index in [1.807, 2.05) is 42.2 Å². The molecule has 0 bridgehead atoms. The highest BCUT2D eigenvalue weighted by Gasteiger charge is 2.24. The molecule has 0 aromatic heterocycles. The van der Waals surface area contributed by atoms with Gasteiger partial charge in [-0.3, -0.25) is 9.69 Å². The molecule has 1 saturated heterocycles. The van der Waals surface area contributed by atoms with Crippen molar-refractivity contribution in [2.45, 2.75) is 32.5 Å². The van der Waals surface area contributed by atoms with Gasteiger partial charge >= 0.3 is 12.1 Å². The van der Waals surface area contributed by atoms with E-state index in [9.17, 15) is 19.1 Å². The third kappa shape index (κ3) is 7.43. The van der Waals surface area contributed by atoms with Crippen molar-refractivity contribution in [3.8, 4) is 0 Å². The van der Waals surface area contributed by atoms with E-state index in [0.717, 1.165) is 10.5 Å². The van der Waals surface area contributed by atoms with E-state index in [1.165, 1.54) is 6.07 Å². The zero-order valence-corrected chi connectivity index (χ0v) is 19.3. The Balaban J connectivity index is 1.73. The first-order valence-corrected chi connectivity index (χ1v) is 11.4. The molecule has 8 nitrogen and oxygen atoms in total. The normalized spacial score (nSPS) is 14.4. The average molecular weight is 475 g/mol. The first-order chi connectivity index (χ1) is 16.5. The number of halogens is 1. The molecule has 1 atom stereocenters. The van der Waals surface area contributed by atoms with Crippen molar-refractivity contribution in [3.05, 3.63) is 59.9 Å². The number of carbonyl (C=O) groups excluding carboxylic acids is 2. The van der Waals surface area contributed by atoms with E-state index in [2.05, 4.69) is 0 Å². The third-order valence-corrected chi connectivity index (χ3v) is 5.30. The molecule has 0 radical (unpaired) electrons. The van der Waals surface area contributed by atoms with Gasteiger partial charge in [0.2, 0.25) is 0 Å². The highest BCUT2D eigenvalue weighted by atomic mass is 19.1. The van der Waals surface area contributed by atoms with Crippen molar-refractivity contribution in [3.63, 3.8) is 0 Å². The Morgan fingerprint density at radius 2 is 1.88 bits per heavy atom. The summed E-state index contributed by atoms with van der Waals surface area (Å²) in [5.74, 6) is -0.926. The fraction of sp³-hybridized carbons (Fsp3) is 0.440. The fourth-order valence-corrected chi connectivity index (χ4v) is 3.54. The Morgan fingerprint density at radius 1 is 1.15 bits per heavy atom. The summed E-state index contributed by atoms with van der Waals surface area (Å²) in [7, 11) is 0. The number of benzene rings is 2. The fourth-order valence-electron chi connectivity index (χ4n) is 3.54. The maximum Gasteiger partial charge on any atom is 0.414 e. The summed E-state index contributed by atoms with van der Waals surface area (Å²) < 4.78 is 30.8. The molecule has 2 aromatic carbocycles. The number of carbonyl (C=O) groups is 2. The molecule has 9 heteroatoms. The van der Waals surface area contributed by atoms with Gasteiger partial charge in [0.05, 0.1) is 31.1 Å². The lowest BCUT2D eigenvalue weighted by molar-refractivity contribution is -0.146. The van der Waals surface area contributed by atoms with Crippen molar-refractivity contribution in [2.24, 2.45) is 0 Å². The minimum absolute atomic E-state index is 0.0199. The lowest BCUT2D eigenvalue weighted by atomic mass is 10.2. The average Bonchev–Trinajstić information content (AvgIpc) is 2.86. The van der Waals surface area contributed by atoms with Gasteiger partial charge in [-0.05, 0) is 30.2 Å². The minimum atomic E-state index is -1.17. The summed E-state index contributed by atoms with van der Waals surface area (Å²) in [4.78, 5) is 27.6. The molecule has 3 rings (SSSR count). The van der Waals surface area contributed by atoms with Crippen molar-refractivity contribution < 1.29 is 33.3 Å². The molecule has 1 N–H and O–H groups in total. The number of esters is 1. The van der Waals surface area contributed by atoms with Crippen LogP contribution in [0, 0.1) is 5.82 Å². The molecule has 34 heavy (non-hydrogen) atoms. The maximum absolute atomic E-state index is 15.0. The molecule has 0 unspecified atom stereocenters. The minimum Gasteiger partial charge on any atom is -0.463 e. The summed E-state index contributed by atoms with van der Waals surface area (Å²) in [6.07, 6.45) is -1.06. The lowest BCUT2D eigenvalue weighted by Gasteiger charge is -2.30. The number of ether oxygens (including phenoxy) is 3. The van der Waals surface area contributed by atoms with Crippen molar-refractivity contribution in [1.29, 1.82) is 0 Å². The number of aliphatic hydroxyl groups excluding tert-OH is 1. The molecule has 1 heterocycles.